The lowest BCUT2D eigenvalue weighted by Gasteiger charge is -2.35. The standard InChI is InChI=1S/C26H29ClN4O3/c1-16(2)33-15-5-14-31-18(4)22(23(28-26(31)32)19-8-6-17(3)7-9-19)25-29-24(30-34-25)20-10-12-21(27)13-11-20/h6-13,16,23H,5,14-15H2,1-4H3,(H,28,32). The second-order valence-corrected chi connectivity index (χ2v) is 9.08. The molecule has 0 saturated carbocycles. The first kappa shape index (κ1) is 24.0. The van der Waals surface area contributed by atoms with E-state index in [4.69, 9.17) is 20.9 Å². The van der Waals surface area contributed by atoms with E-state index < -0.39 is 6.04 Å². The number of hydrogen-bond acceptors (Lipinski definition) is 5. The maximum Gasteiger partial charge on any atom is 0.322 e. The number of rotatable bonds is 8. The van der Waals surface area contributed by atoms with Gasteiger partial charge in [-0.3, -0.25) is 4.90 Å². The highest BCUT2D eigenvalue weighted by molar-refractivity contribution is 6.30. The SMILES string of the molecule is CC1=C(c2nc(-c3ccc(Cl)cc3)no2)C(c2ccc(C)cc2)NC(=O)N1CCCOC(C)C. The van der Waals surface area contributed by atoms with E-state index in [2.05, 4.69) is 15.5 Å². The lowest BCUT2D eigenvalue weighted by Crippen LogP contribution is -2.46. The number of nitrogens with one attached hydrogen (secondary N) is 1. The number of aryl methyl sites for hydroxylation is 1. The van der Waals surface area contributed by atoms with Gasteiger partial charge in [0.05, 0.1) is 17.7 Å². The van der Waals surface area contributed by atoms with Gasteiger partial charge in [0, 0.05) is 29.4 Å². The molecule has 178 valence electrons. The van der Waals surface area contributed by atoms with Crippen molar-refractivity contribution >= 4 is 23.2 Å². The number of urea groups is 1. The number of carbonyl (C=O) groups excluding carboxylic acids is 1. The summed E-state index contributed by atoms with van der Waals surface area (Å²) in [5.74, 6) is 0.833. The maximum absolute atomic E-state index is 13.1. The fourth-order valence-corrected chi connectivity index (χ4v) is 4.05. The molecule has 0 fully saturated rings. The summed E-state index contributed by atoms with van der Waals surface area (Å²) in [7, 11) is 0. The minimum Gasteiger partial charge on any atom is -0.379 e. The molecule has 4 rings (SSSR count). The van der Waals surface area contributed by atoms with E-state index in [1.54, 1.807) is 17.0 Å². The van der Waals surface area contributed by atoms with E-state index in [0.29, 0.717) is 36.3 Å². The van der Waals surface area contributed by atoms with Crippen molar-refractivity contribution in [2.75, 3.05) is 13.2 Å². The highest BCUT2D eigenvalue weighted by Crippen LogP contribution is 2.37. The summed E-state index contributed by atoms with van der Waals surface area (Å²) in [6.45, 7) is 9.04. The Morgan fingerprint density at radius 1 is 1.12 bits per heavy atom. The van der Waals surface area contributed by atoms with E-state index in [9.17, 15) is 4.79 Å². The van der Waals surface area contributed by atoms with Gasteiger partial charge in [0.1, 0.15) is 0 Å². The van der Waals surface area contributed by atoms with Crippen LogP contribution in [0.15, 0.2) is 58.8 Å². The van der Waals surface area contributed by atoms with E-state index in [1.807, 2.05) is 64.1 Å². The van der Waals surface area contributed by atoms with Crippen molar-refractivity contribution in [1.29, 1.82) is 0 Å². The summed E-state index contributed by atoms with van der Waals surface area (Å²) in [5, 5.41) is 7.96. The van der Waals surface area contributed by atoms with Crippen LogP contribution in [0.4, 0.5) is 4.79 Å². The van der Waals surface area contributed by atoms with Crippen LogP contribution < -0.4 is 5.32 Å². The number of allylic oxidation sites excluding steroid dienone is 1. The van der Waals surface area contributed by atoms with Gasteiger partial charge in [0.2, 0.25) is 5.82 Å². The maximum atomic E-state index is 13.1. The number of benzene rings is 2. The predicted molar refractivity (Wildman–Crippen MR) is 132 cm³/mol. The zero-order chi connectivity index (χ0) is 24.2. The zero-order valence-corrected chi connectivity index (χ0v) is 20.6. The summed E-state index contributed by atoms with van der Waals surface area (Å²) in [6.07, 6.45) is 0.864. The molecule has 0 bridgehead atoms. The van der Waals surface area contributed by atoms with Crippen LogP contribution >= 0.6 is 11.6 Å². The average Bonchev–Trinajstić information content (AvgIpc) is 3.28. The van der Waals surface area contributed by atoms with E-state index in [-0.39, 0.29) is 12.1 Å². The summed E-state index contributed by atoms with van der Waals surface area (Å²) < 4.78 is 11.4. The van der Waals surface area contributed by atoms with Gasteiger partial charge in [-0.15, -0.1) is 0 Å². The molecule has 1 aliphatic rings. The molecular formula is C26H29ClN4O3. The smallest absolute Gasteiger partial charge is 0.322 e. The first-order valence-electron chi connectivity index (χ1n) is 11.4. The minimum absolute atomic E-state index is 0.151. The van der Waals surface area contributed by atoms with Gasteiger partial charge in [-0.1, -0.05) is 46.6 Å². The van der Waals surface area contributed by atoms with Gasteiger partial charge in [-0.25, -0.2) is 4.79 Å². The molecule has 1 atom stereocenters. The second-order valence-electron chi connectivity index (χ2n) is 8.65. The summed E-state index contributed by atoms with van der Waals surface area (Å²) in [4.78, 5) is 19.5. The van der Waals surface area contributed by atoms with Crippen molar-refractivity contribution in [2.45, 2.75) is 46.3 Å². The van der Waals surface area contributed by atoms with Crippen molar-refractivity contribution in [3.63, 3.8) is 0 Å². The Kier molecular flexibility index (Phi) is 7.34. The Balaban J connectivity index is 1.70. The van der Waals surface area contributed by atoms with Crippen LogP contribution in [0.1, 0.15) is 50.3 Å². The van der Waals surface area contributed by atoms with Crippen LogP contribution in [0, 0.1) is 6.92 Å². The van der Waals surface area contributed by atoms with Crippen LogP contribution in [0.25, 0.3) is 17.0 Å². The third-order valence-corrected chi connectivity index (χ3v) is 6.00. The lowest BCUT2D eigenvalue weighted by molar-refractivity contribution is 0.0736. The third-order valence-electron chi connectivity index (χ3n) is 5.74. The highest BCUT2D eigenvalue weighted by atomic mass is 35.5. The topological polar surface area (TPSA) is 80.5 Å². The fraction of sp³-hybridized carbons (Fsp3) is 0.346. The van der Waals surface area contributed by atoms with Gasteiger partial charge in [-0.2, -0.15) is 4.98 Å². The third kappa shape index (κ3) is 5.32. The molecule has 0 spiro atoms. The van der Waals surface area contributed by atoms with Crippen molar-refractivity contribution < 1.29 is 14.1 Å². The van der Waals surface area contributed by atoms with Crippen molar-refractivity contribution in [2.24, 2.45) is 0 Å². The monoisotopic (exact) mass is 480 g/mol. The molecule has 1 aromatic heterocycles. The predicted octanol–water partition coefficient (Wildman–Crippen LogP) is 6.01. The number of amides is 2. The molecule has 1 aliphatic heterocycles. The minimum atomic E-state index is -0.408. The average molecular weight is 481 g/mol. The Hall–Kier alpha value is -3.16. The molecule has 2 amide bonds. The first-order chi connectivity index (χ1) is 16.3. The van der Waals surface area contributed by atoms with Crippen molar-refractivity contribution in [3.8, 4) is 11.4 Å². The molecule has 0 aliphatic carbocycles. The van der Waals surface area contributed by atoms with Crippen LogP contribution in [0.3, 0.4) is 0 Å². The van der Waals surface area contributed by atoms with Crippen LogP contribution in [-0.4, -0.2) is 40.3 Å². The fourth-order valence-electron chi connectivity index (χ4n) is 3.93. The molecule has 34 heavy (non-hydrogen) atoms. The number of halogens is 1. The molecule has 8 heteroatoms. The van der Waals surface area contributed by atoms with Gasteiger partial charge in [0.25, 0.3) is 5.89 Å². The van der Waals surface area contributed by atoms with Crippen LogP contribution in [-0.2, 0) is 4.74 Å². The summed E-state index contributed by atoms with van der Waals surface area (Å²) >= 11 is 6.02. The van der Waals surface area contributed by atoms with E-state index >= 15 is 0 Å². The first-order valence-corrected chi connectivity index (χ1v) is 11.8. The Morgan fingerprint density at radius 2 is 1.82 bits per heavy atom. The van der Waals surface area contributed by atoms with Gasteiger partial charge >= 0.3 is 6.03 Å². The quantitative estimate of drug-likeness (QED) is 0.399. The molecule has 1 unspecified atom stereocenters. The highest BCUT2D eigenvalue weighted by Gasteiger charge is 2.35. The molecule has 0 radical (unpaired) electrons. The Morgan fingerprint density at radius 3 is 2.50 bits per heavy atom. The molecule has 2 heterocycles. The van der Waals surface area contributed by atoms with Crippen molar-refractivity contribution in [1.82, 2.24) is 20.4 Å². The second kappa shape index (κ2) is 10.4. The largest absolute Gasteiger partial charge is 0.379 e. The number of aromatic nitrogens is 2. The van der Waals surface area contributed by atoms with Crippen molar-refractivity contribution in [3.05, 3.63) is 76.3 Å². The van der Waals surface area contributed by atoms with Crippen LogP contribution in [0.5, 0.6) is 0 Å². The molecule has 1 N–H and O–H groups in total. The summed E-state index contributed by atoms with van der Waals surface area (Å²) in [5.41, 5.74) is 4.45. The zero-order valence-electron chi connectivity index (χ0n) is 19.8. The van der Waals surface area contributed by atoms with Gasteiger partial charge in [0.15, 0.2) is 0 Å². The lowest BCUT2D eigenvalue weighted by atomic mass is 9.94. The summed E-state index contributed by atoms with van der Waals surface area (Å²) in [6, 6.07) is 14.8. The van der Waals surface area contributed by atoms with E-state index in [0.717, 1.165) is 28.0 Å². The van der Waals surface area contributed by atoms with Gasteiger partial charge in [-0.05, 0) is 63.9 Å². The normalized spacial score (nSPS) is 16.4. The molecular weight excluding hydrogens is 452 g/mol. The molecule has 3 aromatic rings. The Labute approximate surface area is 204 Å². The Bertz CT molecular complexity index is 1170. The molecule has 0 saturated heterocycles. The number of ether oxygens (including phenoxy) is 1. The number of carbonyl (C=O) groups is 1. The molecule has 7 nitrogen and oxygen atoms in total. The molecule has 2 aromatic carbocycles. The number of nitrogens with zero attached hydrogens (tertiary/aromatic N) is 3. The van der Waals surface area contributed by atoms with Gasteiger partial charge < -0.3 is 14.6 Å². The number of hydrogen-bond donors (Lipinski definition) is 1. The van der Waals surface area contributed by atoms with E-state index in [1.165, 1.54) is 0 Å². The van der Waals surface area contributed by atoms with Crippen LogP contribution in [0.2, 0.25) is 5.02 Å².